The van der Waals surface area contributed by atoms with Crippen molar-refractivity contribution in [3.63, 3.8) is 0 Å². The Hall–Kier alpha value is -6.06. The molecule has 0 radical (unpaired) electrons. The van der Waals surface area contributed by atoms with Crippen LogP contribution in [0.15, 0.2) is 95.9 Å². The molecule has 0 aliphatic heterocycles. The summed E-state index contributed by atoms with van der Waals surface area (Å²) in [6.45, 7) is 2.61. The summed E-state index contributed by atoms with van der Waals surface area (Å²) in [5.41, 5.74) is 8.49. The van der Waals surface area contributed by atoms with Gasteiger partial charge in [-0.15, -0.1) is 0 Å². The minimum atomic E-state index is -5.22. The fourth-order valence-electron chi connectivity index (χ4n) is 6.46. The zero-order valence-corrected chi connectivity index (χ0v) is 36.1. The number of nitro groups is 1. The van der Waals surface area contributed by atoms with Crippen molar-refractivity contribution in [2.24, 2.45) is 11.7 Å². The van der Waals surface area contributed by atoms with E-state index in [1.807, 2.05) is 48.5 Å². The normalized spacial score (nSPS) is 12.7. The standard InChI is InChI=1S/C40H42N6O13S.Na/c1-23(2)35(45-39(50)57-22-32-30-10-5-3-8-28(30)29-9-4-6-11-31(29)32)37(48)44-33(12-7-19-42-38(41)49)36(47)43-25-14-13-24(34(20-25)60(54,55)56)21-58-40(51)59-27-17-15-26(16-18-27)46(52)53;/h3-6,8-11,13-18,20,23,32-33,35H,7,12,19,21-22H2,1-2H3,(H,43,47)(H,44,48)(H,45,50)(H3,41,42,49)(H,54,55,56);/q;+1/p-1. The van der Waals surface area contributed by atoms with Crippen LogP contribution in [0.4, 0.5) is 25.8 Å². The molecule has 0 saturated carbocycles. The van der Waals surface area contributed by atoms with Gasteiger partial charge in [0.15, 0.2) is 0 Å². The van der Waals surface area contributed by atoms with Gasteiger partial charge in [-0.25, -0.2) is 22.8 Å². The summed E-state index contributed by atoms with van der Waals surface area (Å²) in [6.07, 6.45) is -2.11. The van der Waals surface area contributed by atoms with E-state index in [0.29, 0.717) is 0 Å². The van der Waals surface area contributed by atoms with Crippen LogP contribution in [0, 0.1) is 16.0 Å². The molecule has 0 fully saturated rings. The number of urea groups is 1. The molecule has 0 aromatic heterocycles. The average Bonchev–Trinajstić information content (AvgIpc) is 3.52. The summed E-state index contributed by atoms with van der Waals surface area (Å²) in [7, 11) is -5.22. The zero-order valence-electron chi connectivity index (χ0n) is 33.2. The van der Waals surface area contributed by atoms with Crippen LogP contribution >= 0.6 is 0 Å². The van der Waals surface area contributed by atoms with Gasteiger partial charge in [-0.3, -0.25) is 19.7 Å². The Balaban J connectivity index is 0.00000819. The van der Waals surface area contributed by atoms with E-state index in [1.54, 1.807) is 13.8 Å². The molecular formula is C40H41N6NaO13S. The number of alkyl carbamates (subject to hydrolysis) is 1. The summed E-state index contributed by atoms with van der Waals surface area (Å²) in [5.74, 6) is -2.44. The molecule has 0 heterocycles. The van der Waals surface area contributed by atoms with Crippen molar-refractivity contribution in [1.29, 1.82) is 0 Å². The Morgan fingerprint density at radius 2 is 1.48 bits per heavy atom. The van der Waals surface area contributed by atoms with Crippen LogP contribution in [-0.4, -0.2) is 73.2 Å². The number of nitrogens with one attached hydrogen (secondary N) is 4. The number of fused-ring (bicyclic) bond motifs is 3. The molecule has 61 heavy (non-hydrogen) atoms. The van der Waals surface area contributed by atoms with Crippen LogP contribution in [0.2, 0.25) is 0 Å². The number of primary amides is 1. The van der Waals surface area contributed by atoms with Crippen molar-refractivity contribution in [3.8, 4) is 16.9 Å². The number of hydrogen-bond donors (Lipinski definition) is 5. The third-order valence-electron chi connectivity index (χ3n) is 9.37. The fraction of sp³-hybridized carbons (Fsp3) is 0.275. The van der Waals surface area contributed by atoms with Crippen LogP contribution in [0.5, 0.6) is 5.75 Å². The molecule has 4 aromatic rings. The minimum absolute atomic E-state index is 0. The van der Waals surface area contributed by atoms with Crippen molar-refractivity contribution in [2.75, 3.05) is 18.5 Å². The topological polar surface area (TPSA) is 288 Å². The first-order chi connectivity index (χ1) is 28.5. The number of nitrogens with two attached hydrogens (primary N) is 1. The summed E-state index contributed by atoms with van der Waals surface area (Å²) >= 11 is 0. The second-order valence-electron chi connectivity index (χ2n) is 13.8. The van der Waals surface area contributed by atoms with Crippen LogP contribution < -0.4 is 61.3 Å². The monoisotopic (exact) mass is 868 g/mol. The van der Waals surface area contributed by atoms with Gasteiger partial charge in [-0.05, 0) is 65.3 Å². The molecule has 2 atom stereocenters. The molecule has 4 aromatic carbocycles. The van der Waals surface area contributed by atoms with Gasteiger partial charge in [-0.1, -0.05) is 68.4 Å². The fourth-order valence-corrected chi connectivity index (χ4v) is 7.18. The molecule has 0 bridgehead atoms. The number of nitro benzene ring substituents is 1. The number of carbonyl (C=O) groups is 5. The molecule has 5 amide bonds. The predicted octanol–water partition coefficient (Wildman–Crippen LogP) is 1.65. The van der Waals surface area contributed by atoms with E-state index in [0.717, 1.165) is 58.7 Å². The summed E-state index contributed by atoms with van der Waals surface area (Å²) < 4.78 is 52.2. The van der Waals surface area contributed by atoms with Gasteiger partial charge >= 0.3 is 47.8 Å². The van der Waals surface area contributed by atoms with E-state index in [2.05, 4.69) is 21.3 Å². The predicted molar refractivity (Wildman–Crippen MR) is 213 cm³/mol. The van der Waals surface area contributed by atoms with E-state index < -0.39 is 74.6 Å². The van der Waals surface area contributed by atoms with Gasteiger partial charge in [0.2, 0.25) is 11.8 Å². The first-order valence-electron chi connectivity index (χ1n) is 18.5. The largest absolute Gasteiger partial charge is 1.00 e. The number of non-ortho nitro benzene ring substituents is 1. The first-order valence-corrected chi connectivity index (χ1v) is 19.9. The van der Waals surface area contributed by atoms with Gasteiger partial charge in [0, 0.05) is 35.8 Å². The van der Waals surface area contributed by atoms with E-state index in [1.165, 1.54) is 6.07 Å². The number of carbonyl (C=O) groups excluding carboxylic acids is 5. The molecule has 1 aliphatic carbocycles. The Kier molecular flexibility index (Phi) is 16.7. The Morgan fingerprint density at radius 1 is 0.852 bits per heavy atom. The Morgan fingerprint density at radius 3 is 2.05 bits per heavy atom. The molecular weight excluding hydrogens is 828 g/mol. The van der Waals surface area contributed by atoms with Gasteiger partial charge in [-0.2, -0.15) is 0 Å². The number of hydrogen-bond acceptors (Lipinski definition) is 13. The number of rotatable bonds is 17. The molecule has 0 saturated heterocycles. The van der Waals surface area contributed by atoms with Crippen LogP contribution in [0.3, 0.4) is 0 Å². The molecule has 0 spiro atoms. The van der Waals surface area contributed by atoms with Crippen molar-refractivity contribution in [1.82, 2.24) is 16.0 Å². The molecule has 19 nitrogen and oxygen atoms in total. The van der Waals surface area contributed by atoms with Crippen LogP contribution in [0.1, 0.15) is 49.3 Å². The van der Waals surface area contributed by atoms with Gasteiger partial charge < -0.3 is 45.8 Å². The Labute approximate surface area is 372 Å². The van der Waals surface area contributed by atoms with E-state index in [-0.39, 0.29) is 84.2 Å². The molecule has 2 unspecified atom stereocenters. The average molecular weight is 869 g/mol. The maximum Gasteiger partial charge on any atom is 1.00 e. The zero-order chi connectivity index (χ0) is 43.6. The van der Waals surface area contributed by atoms with Crippen molar-refractivity contribution < 1.29 is 85.6 Å². The maximum absolute atomic E-state index is 13.7. The van der Waals surface area contributed by atoms with Crippen molar-refractivity contribution in [3.05, 3.63) is 118 Å². The molecule has 316 valence electrons. The minimum Gasteiger partial charge on any atom is -0.744 e. The van der Waals surface area contributed by atoms with Crippen LogP contribution in [0.25, 0.3) is 11.1 Å². The maximum atomic E-state index is 13.7. The van der Waals surface area contributed by atoms with Gasteiger partial charge in [0.05, 0.1) is 9.82 Å². The summed E-state index contributed by atoms with van der Waals surface area (Å²) in [5, 5.41) is 20.9. The van der Waals surface area contributed by atoms with Crippen molar-refractivity contribution >= 4 is 51.6 Å². The molecule has 6 N–H and O–H groups in total. The molecule has 1 aliphatic rings. The molecule has 21 heteroatoms. The van der Waals surface area contributed by atoms with E-state index in [9.17, 15) is 47.1 Å². The van der Waals surface area contributed by atoms with Gasteiger partial charge in [0.1, 0.15) is 41.2 Å². The number of nitrogens with zero attached hydrogens (tertiary/aromatic N) is 1. The Bertz CT molecular complexity index is 2340. The van der Waals surface area contributed by atoms with Gasteiger partial charge in [0.25, 0.3) is 5.69 Å². The van der Waals surface area contributed by atoms with Crippen LogP contribution in [-0.2, 0) is 35.8 Å². The first kappa shape index (κ1) is 47.6. The van der Waals surface area contributed by atoms with E-state index in [4.69, 9.17) is 19.9 Å². The summed E-state index contributed by atoms with van der Waals surface area (Å²) in [6, 6.07) is 19.9. The second kappa shape index (κ2) is 21.5. The van der Waals surface area contributed by atoms with E-state index >= 15 is 0 Å². The quantitative estimate of drug-likeness (QED) is 0.0192. The molecule has 5 rings (SSSR count). The number of ether oxygens (including phenoxy) is 3. The third-order valence-corrected chi connectivity index (χ3v) is 10.3. The smallest absolute Gasteiger partial charge is 0.744 e. The number of anilines is 1. The SMILES string of the molecule is CC(C)C(NC(=O)OCC1c2ccccc2-c2ccccc21)C(=O)NC(CCCNC(N)=O)C(=O)Nc1ccc(COC(=O)Oc2ccc([N+](=O)[O-])cc2)c(S(=O)(=O)[O-])c1.[Na+]. The number of benzene rings is 4. The summed E-state index contributed by atoms with van der Waals surface area (Å²) in [4.78, 5) is 73.3. The second-order valence-corrected chi connectivity index (χ2v) is 15.2. The van der Waals surface area contributed by atoms with Crippen molar-refractivity contribution in [2.45, 2.75) is 56.2 Å². The third kappa shape index (κ3) is 13.0. The number of amides is 5.